The molecular formula is C17H26FIN4O2S. The first-order valence-electron chi connectivity index (χ1n) is 8.63. The van der Waals surface area contributed by atoms with E-state index in [2.05, 4.69) is 20.1 Å². The van der Waals surface area contributed by atoms with Crippen molar-refractivity contribution >= 4 is 45.5 Å². The molecule has 0 radical (unpaired) electrons. The minimum atomic E-state index is -2.84. The molecule has 2 heterocycles. The fourth-order valence-electron chi connectivity index (χ4n) is 3.43. The zero-order chi connectivity index (χ0) is 17.9. The number of guanidine groups is 1. The van der Waals surface area contributed by atoms with Gasteiger partial charge in [0.2, 0.25) is 0 Å². The van der Waals surface area contributed by atoms with Gasteiger partial charge in [-0.15, -0.1) is 24.0 Å². The van der Waals surface area contributed by atoms with Crippen molar-refractivity contribution in [2.45, 2.75) is 6.42 Å². The minimum absolute atomic E-state index is 0. The van der Waals surface area contributed by atoms with E-state index in [1.165, 1.54) is 12.1 Å². The van der Waals surface area contributed by atoms with Crippen LogP contribution < -0.4 is 10.2 Å². The topological polar surface area (TPSA) is 65.0 Å². The first-order chi connectivity index (χ1) is 12.0. The van der Waals surface area contributed by atoms with Gasteiger partial charge in [0, 0.05) is 45.5 Å². The summed E-state index contributed by atoms with van der Waals surface area (Å²) in [7, 11) is -1.09. The van der Waals surface area contributed by atoms with E-state index in [9.17, 15) is 12.8 Å². The Hall–Kier alpha value is -1.10. The third-order valence-electron chi connectivity index (χ3n) is 4.86. The van der Waals surface area contributed by atoms with Crippen molar-refractivity contribution in [2.75, 3.05) is 56.2 Å². The average Bonchev–Trinajstić information content (AvgIpc) is 2.96. The minimum Gasteiger partial charge on any atom is -0.368 e. The second-order valence-corrected chi connectivity index (χ2v) is 8.88. The van der Waals surface area contributed by atoms with Crippen molar-refractivity contribution in [1.82, 2.24) is 10.2 Å². The maximum absolute atomic E-state index is 13.0. The molecule has 0 saturated carbocycles. The number of halogens is 2. The van der Waals surface area contributed by atoms with Crippen LogP contribution in [0.5, 0.6) is 0 Å². The van der Waals surface area contributed by atoms with Crippen molar-refractivity contribution in [2.24, 2.45) is 10.9 Å². The van der Waals surface area contributed by atoms with E-state index in [-0.39, 0.29) is 41.5 Å². The molecule has 2 aliphatic heterocycles. The van der Waals surface area contributed by atoms with Crippen molar-refractivity contribution in [1.29, 1.82) is 0 Å². The molecule has 26 heavy (non-hydrogen) atoms. The number of piperazine rings is 1. The van der Waals surface area contributed by atoms with Gasteiger partial charge in [-0.3, -0.25) is 4.99 Å². The van der Waals surface area contributed by atoms with E-state index in [4.69, 9.17) is 0 Å². The number of hydrogen-bond acceptors (Lipinski definition) is 4. The molecule has 2 aliphatic rings. The number of rotatable bonds is 3. The normalized spacial score (nSPS) is 22.8. The van der Waals surface area contributed by atoms with Gasteiger partial charge < -0.3 is 15.1 Å². The number of benzene rings is 1. The molecule has 0 amide bonds. The average molecular weight is 496 g/mol. The van der Waals surface area contributed by atoms with Crippen molar-refractivity contribution in [3.05, 3.63) is 30.1 Å². The van der Waals surface area contributed by atoms with Crippen LogP contribution in [0, 0.1) is 11.7 Å². The highest BCUT2D eigenvalue weighted by atomic mass is 127. The van der Waals surface area contributed by atoms with Crippen LogP contribution in [0.25, 0.3) is 0 Å². The number of hydrogen-bond donors (Lipinski definition) is 1. The Labute approximate surface area is 171 Å². The van der Waals surface area contributed by atoms with Gasteiger partial charge in [-0.1, -0.05) is 0 Å². The molecule has 2 fully saturated rings. The molecular weight excluding hydrogens is 470 g/mol. The first kappa shape index (κ1) is 21.2. The molecule has 1 unspecified atom stereocenters. The highest BCUT2D eigenvalue weighted by Crippen LogP contribution is 2.18. The van der Waals surface area contributed by atoms with Crippen LogP contribution >= 0.6 is 24.0 Å². The number of anilines is 1. The first-order valence-corrected chi connectivity index (χ1v) is 10.5. The summed E-state index contributed by atoms with van der Waals surface area (Å²) in [6.07, 6.45) is 0.727. The van der Waals surface area contributed by atoms with Gasteiger partial charge in [0.05, 0.1) is 11.5 Å². The molecule has 0 aromatic heterocycles. The predicted octanol–water partition coefficient (Wildman–Crippen LogP) is 1.58. The van der Waals surface area contributed by atoms with Gasteiger partial charge >= 0.3 is 0 Å². The van der Waals surface area contributed by atoms with E-state index in [1.54, 1.807) is 19.2 Å². The van der Waals surface area contributed by atoms with Gasteiger partial charge in [-0.05, 0) is 36.6 Å². The van der Waals surface area contributed by atoms with E-state index in [0.29, 0.717) is 12.3 Å². The van der Waals surface area contributed by atoms with E-state index in [0.717, 1.165) is 44.2 Å². The maximum atomic E-state index is 13.0. The fraction of sp³-hybridized carbons (Fsp3) is 0.588. The van der Waals surface area contributed by atoms with E-state index >= 15 is 0 Å². The van der Waals surface area contributed by atoms with E-state index in [1.807, 2.05) is 0 Å². The predicted molar refractivity (Wildman–Crippen MR) is 114 cm³/mol. The molecule has 1 atom stereocenters. The Balaban J connectivity index is 0.00000243. The van der Waals surface area contributed by atoms with Gasteiger partial charge in [-0.2, -0.15) is 0 Å². The summed E-state index contributed by atoms with van der Waals surface area (Å²) < 4.78 is 36.1. The standard InChI is InChI=1S/C17H25FN4O2S.HI/c1-19-17(20-12-14-6-11-25(23,24)13-14)22-9-7-21(8-10-22)16-4-2-15(18)3-5-16;/h2-5,14H,6-13H2,1H3,(H,19,20);1H. The van der Waals surface area contributed by atoms with Crippen LogP contribution in [-0.2, 0) is 9.84 Å². The third kappa shape index (κ3) is 5.45. The Morgan fingerprint density at radius 1 is 1.23 bits per heavy atom. The van der Waals surface area contributed by atoms with Crippen LogP contribution in [0.1, 0.15) is 6.42 Å². The molecule has 9 heteroatoms. The molecule has 0 spiro atoms. The van der Waals surface area contributed by atoms with Gasteiger partial charge in [-0.25, -0.2) is 12.8 Å². The van der Waals surface area contributed by atoms with Gasteiger partial charge in [0.15, 0.2) is 15.8 Å². The lowest BCUT2D eigenvalue weighted by atomic mass is 10.1. The fourth-order valence-corrected chi connectivity index (χ4v) is 5.29. The lowest BCUT2D eigenvalue weighted by molar-refractivity contribution is 0.369. The van der Waals surface area contributed by atoms with E-state index < -0.39 is 9.84 Å². The summed E-state index contributed by atoms with van der Waals surface area (Å²) in [6.45, 7) is 3.96. The number of nitrogens with zero attached hydrogens (tertiary/aromatic N) is 3. The molecule has 3 rings (SSSR count). The summed E-state index contributed by atoms with van der Waals surface area (Å²) >= 11 is 0. The SMILES string of the molecule is CN=C(NCC1CCS(=O)(=O)C1)N1CCN(c2ccc(F)cc2)CC1.I. The highest BCUT2D eigenvalue weighted by molar-refractivity contribution is 14.0. The van der Waals surface area contributed by atoms with Crippen LogP contribution in [-0.4, -0.2) is 70.6 Å². The van der Waals surface area contributed by atoms with Crippen molar-refractivity contribution in [3.63, 3.8) is 0 Å². The van der Waals surface area contributed by atoms with Crippen molar-refractivity contribution in [3.8, 4) is 0 Å². The molecule has 1 aromatic rings. The Kier molecular flexibility index (Phi) is 7.51. The highest BCUT2D eigenvalue weighted by Gasteiger charge is 2.28. The summed E-state index contributed by atoms with van der Waals surface area (Å²) in [5.74, 6) is 1.34. The molecule has 1 aromatic carbocycles. The van der Waals surface area contributed by atoms with Crippen LogP contribution in [0.4, 0.5) is 10.1 Å². The summed E-state index contributed by atoms with van der Waals surface area (Å²) in [5.41, 5.74) is 1.03. The van der Waals surface area contributed by atoms with Crippen LogP contribution in [0.3, 0.4) is 0 Å². The molecule has 1 N–H and O–H groups in total. The quantitative estimate of drug-likeness (QED) is 0.391. The number of sulfone groups is 1. The smallest absolute Gasteiger partial charge is 0.193 e. The Morgan fingerprint density at radius 2 is 1.88 bits per heavy atom. The lowest BCUT2D eigenvalue weighted by Gasteiger charge is -2.37. The second-order valence-electron chi connectivity index (χ2n) is 6.65. The monoisotopic (exact) mass is 496 g/mol. The second kappa shape index (κ2) is 9.20. The number of nitrogens with one attached hydrogen (secondary N) is 1. The van der Waals surface area contributed by atoms with Gasteiger partial charge in [0.25, 0.3) is 0 Å². The molecule has 0 bridgehead atoms. The van der Waals surface area contributed by atoms with Crippen LogP contribution in [0.15, 0.2) is 29.3 Å². The molecule has 2 saturated heterocycles. The Morgan fingerprint density at radius 3 is 2.42 bits per heavy atom. The van der Waals surface area contributed by atoms with Crippen LogP contribution in [0.2, 0.25) is 0 Å². The molecule has 6 nitrogen and oxygen atoms in total. The Bertz CT molecular complexity index is 719. The molecule has 0 aliphatic carbocycles. The molecule has 146 valence electrons. The third-order valence-corrected chi connectivity index (χ3v) is 6.70. The zero-order valence-electron chi connectivity index (χ0n) is 14.9. The zero-order valence-corrected chi connectivity index (χ0v) is 18.0. The summed E-state index contributed by atoms with van der Waals surface area (Å²) in [4.78, 5) is 8.75. The van der Waals surface area contributed by atoms with Crippen molar-refractivity contribution < 1.29 is 12.8 Å². The summed E-state index contributed by atoms with van der Waals surface area (Å²) in [5, 5.41) is 3.32. The largest absolute Gasteiger partial charge is 0.368 e. The summed E-state index contributed by atoms with van der Waals surface area (Å²) in [6, 6.07) is 6.58. The van der Waals surface area contributed by atoms with Gasteiger partial charge in [0.1, 0.15) is 5.82 Å². The number of aliphatic imine (C=N–C) groups is 1. The lowest BCUT2D eigenvalue weighted by Crippen LogP contribution is -2.53. The maximum Gasteiger partial charge on any atom is 0.193 e.